The van der Waals surface area contributed by atoms with Crippen molar-refractivity contribution in [1.29, 1.82) is 0 Å². The summed E-state index contributed by atoms with van der Waals surface area (Å²) in [6, 6.07) is 7.02. The van der Waals surface area contributed by atoms with Crippen LogP contribution in [-0.4, -0.2) is 15.9 Å². The van der Waals surface area contributed by atoms with Gasteiger partial charge in [-0.3, -0.25) is 4.79 Å². The number of hydrogen-bond acceptors (Lipinski definition) is 5. The molecule has 0 unspecified atom stereocenters. The molecule has 1 aliphatic rings. The van der Waals surface area contributed by atoms with Crippen LogP contribution >= 0.6 is 11.6 Å². The number of carbonyl (C=O) groups excluding carboxylic acids is 1. The van der Waals surface area contributed by atoms with Gasteiger partial charge >= 0.3 is 0 Å². The largest absolute Gasteiger partial charge is 0.383 e. The second kappa shape index (κ2) is 5.81. The highest BCUT2D eigenvalue weighted by Gasteiger charge is 2.27. The monoisotopic (exact) mass is 317 g/mol. The molecule has 5 N–H and O–H groups in total. The Balaban J connectivity index is 1.74. The molecule has 3 rings (SSSR count). The van der Waals surface area contributed by atoms with Gasteiger partial charge in [0.05, 0.1) is 5.69 Å². The Morgan fingerprint density at radius 3 is 2.68 bits per heavy atom. The minimum atomic E-state index is -0.155. The molecule has 1 aliphatic carbocycles. The quantitative estimate of drug-likeness (QED) is 0.785. The van der Waals surface area contributed by atoms with Gasteiger partial charge in [0.15, 0.2) is 0 Å². The molecule has 1 aromatic heterocycles. The normalized spacial score (nSPS) is 16.9. The Hall–Kier alpha value is -2.34. The van der Waals surface area contributed by atoms with Gasteiger partial charge in [0.1, 0.15) is 5.82 Å². The van der Waals surface area contributed by atoms with Crippen LogP contribution in [0.4, 0.5) is 17.5 Å². The third-order valence-electron chi connectivity index (χ3n) is 3.80. The van der Waals surface area contributed by atoms with E-state index in [0.717, 1.165) is 16.9 Å². The predicted octanol–water partition coefficient (Wildman–Crippen LogP) is 2.04. The standard InChI is InChI=1S/C15H16ClN5O/c16-9-2-4-10(5-3-9)19-14(22)8-1-6-12-11(7-8)13(17)21-15(18)20-12/h2-5,8H,1,6-7H2,(H,19,22)(H4,17,18,20,21)/t8-/m0/s1. The van der Waals surface area contributed by atoms with E-state index in [1.807, 2.05) is 0 Å². The summed E-state index contributed by atoms with van der Waals surface area (Å²) in [6.45, 7) is 0. The summed E-state index contributed by atoms with van der Waals surface area (Å²) in [4.78, 5) is 20.6. The van der Waals surface area contributed by atoms with Crippen LogP contribution in [-0.2, 0) is 17.6 Å². The van der Waals surface area contributed by atoms with Crippen LogP contribution in [0.1, 0.15) is 17.7 Å². The molecule has 22 heavy (non-hydrogen) atoms. The molecule has 0 radical (unpaired) electrons. The van der Waals surface area contributed by atoms with Gasteiger partial charge in [-0.2, -0.15) is 4.98 Å². The lowest BCUT2D eigenvalue weighted by Gasteiger charge is -2.24. The maximum atomic E-state index is 12.4. The molecule has 2 aromatic rings. The number of anilines is 3. The van der Waals surface area contributed by atoms with Crippen molar-refractivity contribution in [3.63, 3.8) is 0 Å². The topological polar surface area (TPSA) is 107 Å². The first-order chi connectivity index (χ1) is 10.5. The Morgan fingerprint density at radius 1 is 1.23 bits per heavy atom. The number of amides is 1. The highest BCUT2D eigenvalue weighted by atomic mass is 35.5. The lowest BCUT2D eigenvalue weighted by atomic mass is 9.86. The van der Waals surface area contributed by atoms with Crippen molar-refractivity contribution >= 4 is 35.0 Å². The maximum absolute atomic E-state index is 12.4. The van der Waals surface area contributed by atoms with Crippen LogP contribution in [0.15, 0.2) is 24.3 Å². The molecule has 0 saturated carbocycles. The molecule has 0 aliphatic heterocycles. The van der Waals surface area contributed by atoms with Crippen LogP contribution in [0, 0.1) is 5.92 Å². The number of aromatic nitrogens is 2. The van der Waals surface area contributed by atoms with Gasteiger partial charge < -0.3 is 16.8 Å². The van der Waals surface area contributed by atoms with E-state index in [-0.39, 0.29) is 17.8 Å². The second-order valence-electron chi connectivity index (χ2n) is 5.33. The minimum absolute atomic E-state index is 0.0378. The predicted molar refractivity (Wildman–Crippen MR) is 86.5 cm³/mol. The number of aryl methyl sites for hydroxylation is 1. The van der Waals surface area contributed by atoms with Crippen molar-refractivity contribution < 1.29 is 4.79 Å². The summed E-state index contributed by atoms with van der Waals surface area (Å²) in [5.74, 6) is 0.355. The van der Waals surface area contributed by atoms with Gasteiger partial charge in [-0.05, 0) is 43.5 Å². The van der Waals surface area contributed by atoms with Crippen molar-refractivity contribution in [1.82, 2.24) is 9.97 Å². The summed E-state index contributed by atoms with van der Waals surface area (Å²) in [5, 5.41) is 3.53. The van der Waals surface area contributed by atoms with E-state index in [4.69, 9.17) is 23.1 Å². The number of nitrogens with zero attached hydrogens (tertiary/aromatic N) is 2. The van der Waals surface area contributed by atoms with Crippen LogP contribution in [0.2, 0.25) is 5.02 Å². The molecular weight excluding hydrogens is 302 g/mol. The van der Waals surface area contributed by atoms with Crippen LogP contribution in [0.25, 0.3) is 0 Å². The lowest BCUT2D eigenvalue weighted by molar-refractivity contribution is -0.120. The van der Waals surface area contributed by atoms with Crippen LogP contribution in [0.3, 0.4) is 0 Å². The summed E-state index contributed by atoms with van der Waals surface area (Å²) >= 11 is 5.83. The third kappa shape index (κ3) is 2.96. The van der Waals surface area contributed by atoms with Crippen LogP contribution < -0.4 is 16.8 Å². The van der Waals surface area contributed by atoms with Crippen molar-refractivity contribution in [2.75, 3.05) is 16.8 Å². The molecule has 0 fully saturated rings. The number of nitrogens with two attached hydrogens (primary N) is 2. The Kier molecular flexibility index (Phi) is 3.85. The van der Waals surface area contributed by atoms with E-state index >= 15 is 0 Å². The van der Waals surface area contributed by atoms with Gasteiger partial charge in [0.25, 0.3) is 0 Å². The average molecular weight is 318 g/mol. The zero-order valence-corrected chi connectivity index (χ0v) is 12.6. The van der Waals surface area contributed by atoms with Gasteiger partial charge in [-0.15, -0.1) is 0 Å². The Bertz CT molecular complexity index is 717. The fourth-order valence-corrected chi connectivity index (χ4v) is 2.79. The van der Waals surface area contributed by atoms with Gasteiger partial charge in [-0.1, -0.05) is 11.6 Å². The molecule has 1 heterocycles. The molecule has 0 spiro atoms. The van der Waals surface area contributed by atoms with Gasteiger partial charge in [0.2, 0.25) is 11.9 Å². The molecule has 1 amide bonds. The molecule has 6 nitrogen and oxygen atoms in total. The van der Waals surface area contributed by atoms with Crippen molar-refractivity contribution in [3.8, 4) is 0 Å². The summed E-state index contributed by atoms with van der Waals surface area (Å²) in [5.41, 5.74) is 13.9. The first kappa shape index (κ1) is 14.6. The first-order valence-electron chi connectivity index (χ1n) is 7.00. The van der Waals surface area contributed by atoms with Gasteiger partial charge in [0, 0.05) is 22.2 Å². The minimum Gasteiger partial charge on any atom is -0.383 e. The second-order valence-corrected chi connectivity index (χ2v) is 5.76. The third-order valence-corrected chi connectivity index (χ3v) is 4.06. The maximum Gasteiger partial charge on any atom is 0.227 e. The number of fused-ring (bicyclic) bond motifs is 1. The Morgan fingerprint density at radius 2 is 1.95 bits per heavy atom. The number of hydrogen-bond donors (Lipinski definition) is 3. The number of carbonyl (C=O) groups is 1. The van der Waals surface area contributed by atoms with Crippen molar-refractivity contribution in [3.05, 3.63) is 40.5 Å². The number of halogens is 1. The zero-order chi connectivity index (χ0) is 15.7. The van der Waals surface area contributed by atoms with E-state index in [1.165, 1.54) is 0 Å². The summed E-state index contributed by atoms with van der Waals surface area (Å²) in [6.07, 6.45) is 1.91. The SMILES string of the molecule is Nc1nc(N)c2c(n1)CC[C@H](C(=O)Nc1ccc(Cl)cc1)C2. The number of benzene rings is 1. The van der Waals surface area contributed by atoms with Gasteiger partial charge in [-0.25, -0.2) is 4.98 Å². The summed E-state index contributed by atoms with van der Waals surface area (Å²) < 4.78 is 0. The van der Waals surface area contributed by atoms with Crippen LogP contribution in [0.5, 0.6) is 0 Å². The number of nitrogens with one attached hydrogen (secondary N) is 1. The molecule has 0 bridgehead atoms. The molecule has 1 atom stereocenters. The summed E-state index contributed by atoms with van der Waals surface area (Å²) in [7, 11) is 0. The highest BCUT2D eigenvalue weighted by molar-refractivity contribution is 6.30. The van der Waals surface area contributed by atoms with E-state index < -0.39 is 0 Å². The number of nitrogen functional groups attached to an aromatic ring is 2. The molecular formula is C15H16ClN5O. The van der Waals surface area contributed by atoms with Crippen molar-refractivity contribution in [2.24, 2.45) is 5.92 Å². The van der Waals surface area contributed by atoms with E-state index in [1.54, 1.807) is 24.3 Å². The van der Waals surface area contributed by atoms with E-state index in [9.17, 15) is 4.79 Å². The van der Waals surface area contributed by atoms with Crippen molar-refractivity contribution in [2.45, 2.75) is 19.3 Å². The van der Waals surface area contributed by atoms with E-state index in [0.29, 0.717) is 30.1 Å². The highest BCUT2D eigenvalue weighted by Crippen LogP contribution is 2.29. The first-order valence-corrected chi connectivity index (χ1v) is 7.38. The fraction of sp³-hybridized carbons (Fsp3) is 0.267. The molecule has 7 heteroatoms. The lowest BCUT2D eigenvalue weighted by Crippen LogP contribution is -2.29. The number of rotatable bonds is 2. The molecule has 1 aromatic carbocycles. The zero-order valence-electron chi connectivity index (χ0n) is 11.8. The average Bonchev–Trinajstić information content (AvgIpc) is 2.49. The fourth-order valence-electron chi connectivity index (χ4n) is 2.66. The Labute approximate surface area is 132 Å². The molecule has 0 saturated heterocycles. The van der Waals surface area contributed by atoms with E-state index in [2.05, 4.69) is 15.3 Å². The smallest absolute Gasteiger partial charge is 0.227 e. The molecule has 114 valence electrons.